The van der Waals surface area contributed by atoms with Crippen molar-refractivity contribution < 1.29 is 19.1 Å². The summed E-state index contributed by atoms with van der Waals surface area (Å²) >= 11 is 0. The van der Waals surface area contributed by atoms with Crippen LogP contribution in [0.25, 0.3) is 0 Å². The molecule has 0 unspecified atom stereocenters. The van der Waals surface area contributed by atoms with Gasteiger partial charge in [0.1, 0.15) is 0 Å². The van der Waals surface area contributed by atoms with Gasteiger partial charge in [0.15, 0.2) is 15.1 Å². The van der Waals surface area contributed by atoms with E-state index in [2.05, 4.69) is 33.9 Å². The number of fused-ring (bicyclic) bond motifs is 2. The zero-order valence-electron chi connectivity index (χ0n) is 13.9. The van der Waals surface area contributed by atoms with Crippen LogP contribution in [0.4, 0.5) is 4.79 Å². The first-order chi connectivity index (χ1) is 9.63. The molecular formula is C15H29NO4Si. The Hall–Kier alpha value is -0.593. The van der Waals surface area contributed by atoms with E-state index in [-0.39, 0.29) is 36.1 Å². The Balaban J connectivity index is 1.89. The molecule has 6 heteroatoms. The van der Waals surface area contributed by atoms with Crippen LogP contribution in [0.3, 0.4) is 0 Å². The lowest BCUT2D eigenvalue weighted by molar-refractivity contribution is 0.00454. The molecule has 5 nitrogen and oxygen atoms in total. The highest BCUT2D eigenvalue weighted by atomic mass is 28.4. The van der Waals surface area contributed by atoms with Crippen molar-refractivity contribution in [2.75, 3.05) is 13.4 Å². The number of rotatable bonds is 4. The van der Waals surface area contributed by atoms with E-state index < -0.39 is 8.32 Å². The highest BCUT2D eigenvalue weighted by Gasteiger charge is 2.54. The highest BCUT2D eigenvalue weighted by Crippen LogP contribution is 2.46. The number of aliphatic hydroxyl groups is 1. The van der Waals surface area contributed by atoms with Gasteiger partial charge in [0, 0.05) is 6.04 Å². The number of hydrogen-bond donors (Lipinski definition) is 1. The summed E-state index contributed by atoms with van der Waals surface area (Å²) in [5.74, 6) is 0. The normalized spacial score (nSPS) is 29.0. The SMILES string of the molecule is CC(C)(C)[Si](C)(C)OCOC(=O)N1C2CCC1(CO)CC2. The zero-order chi connectivity index (χ0) is 15.9. The molecule has 2 heterocycles. The Bertz CT molecular complexity index is 397. The van der Waals surface area contributed by atoms with Gasteiger partial charge in [-0.2, -0.15) is 0 Å². The van der Waals surface area contributed by atoms with Gasteiger partial charge < -0.3 is 14.3 Å². The second-order valence-electron chi connectivity index (χ2n) is 7.92. The third kappa shape index (κ3) is 2.98. The van der Waals surface area contributed by atoms with Crippen LogP contribution < -0.4 is 0 Å². The maximum Gasteiger partial charge on any atom is 0.412 e. The third-order valence-electron chi connectivity index (χ3n) is 5.66. The summed E-state index contributed by atoms with van der Waals surface area (Å²) in [5, 5.41) is 9.75. The van der Waals surface area contributed by atoms with Crippen LogP contribution in [0.1, 0.15) is 46.5 Å². The number of amides is 1. The molecule has 0 spiro atoms. The van der Waals surface area contributed by atoms with Gasteiger partial charge in [-0.1, -0.05) is 20.8 Å². The lowest BCUT2D eigenvalue weighted by atomic mass is 9.89. The van der Waals surface area contributed by atoms with E-state index in [1.54, 1.807) is 4.90 Å². The van der Waals surface area contributed by atoms with Gasteiger partial charge in [-0.25, -0.2) is 4.79 Å². The maximum atomic E-state index is 12.3. The molecule has 2 aliphatic rings. The van der Waals surface area contributed by atoms with Crippen molar-refractivity contribution in [2.24, 2.45) is 0 Å². The fourth-order valence-electron chi connectivity index (χ4n) is 3.12. The van der Waals surface area contributed by atoms with E-state index >= 15 is 0 Å². The minimum atomic E-state index is -1.90. The summed E-state index contributed by atoms with van der Waals surface area (Å²) in [5.41, 5.74) is -0.376. The van der Waals surface area contributed by atoms with E-state index in [1.807, 2.05) is 0 Å². The van der Waals surface area contributed by atoms with Gasteiger partial charge in [0.25, 0.3) is 0 Å². The smallest absolute Gasteiger partial charge is 0.412 e. The predicted octanol–water partition coefficient (Wildman–Crippen LogP) is 3.09. The van der Waals surface area contributed by atoms with E-state index in [4.69, 9.17) is 9.16 Å². The first kappa shape index (κ1) is 16.8. The van der Waals surface area contributed by atoms with Gasteiger partial charge in [-0.05, 0) is 43.8 Å². The molecule has 21 heavy (non-hydrogen) atoms. The summed E-state index contributed by atoms with van der Waals surface area (Å²) in [6.07, 6.45) is 3.37. The minimum Gasteiger partial charge on any atom is -0.423 e. The van der Waals surface area contributed by atoms with Crippen LogP contribution >= 0.6 is 0 Å². The Morgan fingerprint density at radius 2 is 1.90 bits per heavy atom. The molecule has 2 fully saturated rings. The Morgan fingerprint density at radius 1 is 1.33 bits per heavy atom. The van der Waals surface area contributed by atoms with Crippen LogP contribution in [0.2, 0.25) is 18.1 Å². The molecule has 0 saturated carbocycles. The van der Waals surface area contributed by atoms with Gasteiger partial charge >= 0.3 is 6.09 Å². The van der Waals surface area contributed by atoms with E-state index in [0.29, 0.717) is 0 Å². The number of nitrogens with zero attached hydrogens (tertiary/aromatic N) is 1. The van der Waals surface area contributed by atoms with Crippen molar-refractivity contribution in [3.63, 3.8) is 0 Å². The Morgan fingerprint density at radius 3 is 2.38 bits per heavy atom. The molecule has 2 saturated heterocycles. The molecule has 1 N–H and O–H groups in total. The summed E-state index contributed by atoms with van der Waals surface area (Å²) in [7, 11) is -1.90. The average Bonchev–Trinajstić information content (AvgIpc) is 2.92. The topological polar surface area (TPSA) is 59.0 Å². The fourth-order valence-corrected chi connectivity index (χ4v) is 3.90. The molecule has 2 rings (SSSR count). The zero-order valence-corrected chi connectivity index (χ0v) is 14.9. The quantitative estimate of drug-likeness (QED) is 0.640. The average molecular weight is 315 g/mol. The molecule has 122 valence electrons. The van der Waals surface area contributed by atoms with E-state index in [0.717, 1.165) is 25.7 Å². The standard InChI is InChI=1S/C15H29NO4Si/c1-14(2,3)21(4,5)20-11-19-13(18)16-12-6-8-15(16,10-17)9-7-12/h12,17H,6-11H2,1-5H3. The van der Waals surface area contributed by atoms with E-state index in [1.165, 1.54) is 0 Å². The second kappa shape index (κ2) is 5.55. The summed E-state index contributed by atoms with van der Waals surface area (Å²) < 4.78 is 11.2. The second-order valence-corrected chi connectivity index (χ2v) is 12.7. The monoisotopic (exact) mass is 315 g/mol. The van der Waals surface area contributed by atoms with Gasteiger partial charge in [0.05, 0.1) is 12.1 Å². The van der Waals surface area contributed by atoms with Crippen molar-refractivity contribution in [1.82, 2.24) is 4.90 Å². The van der Waals surface area contributed by atoms with Crippen molar-refractivity contribution >= 4 is 14.4 Å². The van der Waals surface area contributed by atoms with Crippen molar-refractivity contribution in [3.8, 4) is 0 Å². The molecular weight excluding hydrogens is 286 g/mol. The lowest BCUT2D eigenvalue weighted by Crippen LogP contribution is -2.48. The molecule has 1 amide bonds. The van der Waals surface area contributed by atoms with Crippen molar-refractivity contribution in [1.29, 1.82) is 0 Å². The van der Waals surface area contributed by atoms with Crippen LogP contribution in [0.5, 0.6) is 0 Å². The summed E-state index contributed by atoms with van der Waals surface area (Å²) in [6, 6.07) is 0.234. The molecule has 2 aliphatic heterocycles. The molecule has 2 bridgehead atoms. The molecule has 0 aromatic heterocycles. The first-order valence-corrected chi connectivity index (χ1v) is 10.7. The van der Waals surface area contributed by atoms with Gasteiger partial charge in [-0.15, -0.1) is 0 Å². The highest BCUT2D eigenvalue weighted by molar-refractivity contribution is 6.74. The number of carbonyl (C=O) groups is 1. The van der Waals surface area contributed by atoms with E-state index in [9.17, 15) is 9.90 Å². The fraction of sp³-hybridized carbons (Fsp3) is 0.933. The molecule has 0 radical (unpaired) electrons. The summed E-state index contributed by atoms with van der Waals surface area (Å²) in [6.45, 7) is 10.8. The molecule has 0 aromatic carbocycles. The van der Waals surface area contributed by atoms with Crippen LogP contribution in [0.15, 0.2) is 0 Å². The van der Waals surface area contributed by atoms with Crippen molar-refractivity contribution in [2.45, 2.75) is 76.2 Å². The van der Waals surface area contributed by atoms with Gasteiger partial charge in [-0.3, -0.25) is 4.90 Å². The number of aliphatic hydroxyl groups excluding tert-OH is 1. The summed E-state index contributed by atoms with van der Waals surface area (Å²) in [4.78, 5) is 14.1. The third-order valence-corrected chi connectivity index (χ3v) is 10.1. The Kier molecular flexibility index (Phi) is 4.44. The molecule has 0 atom stereocenters. The molecule has 0 aliphatic carbocycles. The number of carbonyl (C=O) groups excluding carboxylic acids is 1. The first-order valence-electron chi connectivity index (χ1n) is 7.84. The van der Waals surface area contributed by atoms with Crippen LogP contribution in [-0.4, -0.2) is 49.4 Å². The number of hydrogen-bond acceptors (Lipinski definition) is 4. The predicted molar refractivity (Wildman–Crippen MR) is 83.5 cm³/mol. The van der Waals surface area contributed by atoms with Gasteiger partial charge in [0.2, 0.25) is 0 Å². The maximum absolute atomic E-state index is 12.3. The van der Waals surface area contributed by atoms with Crippen LogP contribution in [-0.2, 0) is 9.16 Å². The van der Waals surface area contributed by atoms with Crippen LogP contribution in [0, 0.1) is 0 Å². The Labute approximate surface area is 128 Å². The molecule has 0 aromatic rings. The minimum absolute atomic E-state index is 0.0139. The van der Waals surface area contributed by atoms with Crippen molar-refractivity contribution in [3.05, 3.63) is 0 Å². The number of ether oxygens (including phenoxy) is 1. The largest absolute Gasteiger partial charge is 0.423 e. The lowest BCUT2D eigenvalue weighted by Gasteiger charge is -2.36.